The van der Waals surface area contributed by atoms with Crippen LogP contribution in [0.5, 0.6) is 0 Å². The van der Waals surface area contributed by atoms with Gasteiger partial charge < -0.3 is 0 Å². The Balaban J connectivity index is 2.57. The molecule has 0 saturated heterocycles. The van der Waals surface area contributed by atoms with E-state index in [1.165, 1.54) is 0 Å². The van der Waals surface area contributed by atoms with Crippen molar-refractivity contribution in [3.8, 4) is 6.07 Å². The van der Waals surface area contributed by atoms with Gasteiger partial charge in [0.05, 0.1) is 17.9 Å². The summed E-state index contributed by atoms with van der Waals surface area (Å²) >= 11 is 5.66. The minimum atomic E-state index is -4.16. The summed E-state index contributed by atoms with van der Waals surface area (Å²) in [5, 5.41) is 7.89. The molecule has 0 aromatic heterocycles. The lowest BCUT2D eigenvalue weighted by Gasteiger charge is -2.30. The fourth-order valence-electron chi connectivity index (χ4n) is 1.56. The predicted molar refractivity (Wildman–Crippen MR) is 42.1 cm³/mol. The molecular formula is C8H9ClF3N. The minimum Gasteiger partial charge on any atom is -0.198 e. The molecule has 0 radical (unpaired) electrons. The maximum Gasteiger partial charge on any atom is 0.391 e. The van der Waals surface area contributed by atoms with E-state index in [1.54, 1.807) is 0 Å². The highest BCUT2D eigenvalue weighted by atomic mass is 35.5. The molecule has 74 valence electrons. The third kappa shape index (κ3) is 2.50. The fraction of sp³-hybridized carbons (Fsp3) is 0.875. The SMILES string of the molecule is N#C[C@@H]1CC[C@@H](C(F)(F)F)C[C@H]1Cl. The van der Waals surface area contributed by atoms with E-state index in [0.29, 0.717) is 0 Å². The second-order valence-electron chi connectivity index (χ2n) is 3.30. The lowest BCUT2D eigenvalue weighted by molar-refractivity contribution is -0.182. The van der Waals surface area contributed by atoms with Crippen molar-refractivity contribution in [2.75, 3.05) is 0 Å². The molecule has 0 aromatic carbocycles. The number of nitrogens with zero attached hydrogens (tertiary/aromatic N) is 1. The molecule has 3 atom stereocenters. The molecule has 0 amide bonds. The van der Waals surface area contributed by atoms with Crippen molar-refractivity contribution in [2.24, 2.45) is 11.8 Å². The number of hydrogen-bond acceptors (Lipinski definition) is 1. The van der Waals surface area contributed by atoms with E-state index < -0.39 is 23.4 Å². The monoisotopic (exact) mass is 211 g/mol. The summed E-state index contributed by atoms with van der Waals surface area (Å²) in [6.07, 6.45) is -3.99. The average molecular weight is 212 g/mol. The van der Waals surface area contributed by atoms with Gasteiger partial charge in [-0.2, -0.15) is 18.4 Å². The van der Waals surface area contributed by atoms with E-state index in [9.17, 15) is 13.2 Å². The van der Waals surface area contributed by atoms with Gasteiger partial charge >= 0.3 is 6.18 Å². The smallest absolute Gasteiger partial charge is 0.198 e. The Morgan fingerprint density at radius 3 is 2.31 bits per heavy atom. The largest absolute Gasteiger partial charge is 0.391 e. The van der Waals surface area contributed by atoms with Gasteiger partial charge in [0.1, 0.15) is 0 Å². The zero-order chi connectivity index (χ0) is 10.1. The molecule has 1 aliphatic carbocycles. The topological polar surface area (TPSA) is 23.8 Å². The van der Waals surface area contributed by atoms with Crippen molar-refractivity contribution < 1.29 is 13.2 Å². The highest BCUT2D eigenvalue weighted by Crippen LogP contribution is 2.41. The molecule has 0 spiro atoms. The van der Waals surface area contributed by atoms with Crippen LogP contribution in [0.15, 0.2) is 0 Å². The van der Waals surface area contributed by atoms with Gasteiger partial charge in [0.2, 0.25) is 0 Å². The Bertz CT molecular complexity index is 220. The Morgan fingerprint density at radius 2 is 1.92 bits per heavy atom. The standard InChI is InChI=1S/C8H9ClF3N/c9-7-3-6(8(10,11)12)2-1-5(7)4-13/h5-7H,1-3H2/t5-,6+,7+/m0/s1. The van der Waals surface area contributed by atoms with Crippen LogP contribution in [0.2, 0.25) is 0 Å². The van der Waals surface area contributed by atoms with Crippen LogP contribution in [0.1, 0.15) is 19.3 Å². The van der Waals surface area contributed by atoms with Crippen molar-refractivity contribution in [3.05, 3.63) is 0 Å². The van der Waals surface area contributed by atoms with Crippen LogP contribution in [0, 0.1) is 23.2 Å². The van der Waals surface area contributed by atoms with Gasteiger partial charge in [0.25, 0.3) is 0 Å². The van der Waals surface area contributed by atoms with Gasteiger partial charge in [-0.1, -0.05) is 0 Å². The second kappa shape index (κ2) is 3.75. The molecule has 5 heteroatoms. The first-order valence-corrected chi connectivity index (χ1v) is 4.49. The maximum atomic E-state index is 12.2. The molecule has 0 unspecified atom stereocenters. The number of halogens is 4. The maximum absolute atomic E-state index is 12.2. The molecule has 1 saturated carbocycles. The predicted octanol–water partition coefficient (Wildman–Crippen LogP) is 3.10. The summed E-state index contributed by atoms with van der Waals surface area (Å²) in [6.45, 7) is 0. The van der Waals surface area contributed by atoms with Gasteiger partial charge in [-0.25, -0.2) is 0 Å². The summed E-state index contributed by atoms with van der Waals surface area (Å²) in [4.78, 5) is 0. The molecule has 1 nitrogen and oxygen atoms in total. The Kier molecular flexibility index (Phi) is 3.07. The van der Waals surface area contributed by atoms with E-state index in [1.807, 2.05) is 6.07 Å². The van der Waals surface area contributed by atoms with Crippen molar-refractivity contribution in [1.29, 1.82) is 5.26 Å². The summed E-state index contributed by atoms with van der Waals surface area (Å²) < 4.78 is 36.6. The first-order valence-electron chi connectivity index (χ1n) is 4.05. The first-order chi connectivity index (χ1) is 5.95. The van der Waals surface area contributed by atoms with Crippen LogP contribution in [0.4, 0.5) is 13.2 Å². The normalized spacial score (nSPS) is 35.5. The molecule has 0 aromatic rings. The summed E-state index contributed by atoms with van der Waals surface area (Å²) in [5.74, 6) is -1.74. The molecular weight excluding hydrogens is 203 g/mol. The molecule has 0 N–H and O–H groups in total. The lowest BCUT2D eigenvalue weighted by atomic mass is 9.82. The van der Waals surface area contributed by atoms with Gasteiger partial charge in [-0.3, -0.25) is 0 Å². The fourth-order valence-corrected chi connectivity index (χ4v) is 1.96. The van der Waals surface area contributed by atoms with Crippen LogP contribution in [0.3, 0.4) is 0 Å². The number of rotatable bonds is 0. The minimum absolute atomic E-state index is 0.0327. The van der Waals surface area contributed by atoms with Crippen LogP contribution < -0.4 is 0 Å². The van der Waals surface area contributed by atoms with Gasteiger partial charge in [-0.15, -0.1) is 11.6 Å². The Hall–Kier alpha value is -0.430. The number of nitriles is 1. The average Bonchev–Trinajstić information content (AvgIpc) is 2.02. The molecule has 1 rings (SSSR count). The van der Waals surface area contributed by atoms with E-state index in [4.69, 9.17) is 16.9 Å². The van der Waals surface area contributed by atoms with Crippen molar-refractivity contribution in [3.63, 3.8) is 0 Å². The summed E-state index contributed by atoms with van der Waals surface area (Å²) in [7, 11) is 0. The van der Waals surface area contributed by atoms with E-state index >= 15 is 0 Å². The molecule has 0 bridgehead atoms. The van der Waals surface area contributed by atoms with Gasteiger partial charge in [0.15, 0.2) is 0 Å². The summed E-state index contributed by atoms with van der Waals surface area (Å²) in [5.41, 5.74) is 0. The molecule has 1 aliphatic rings. The van der Waals surface area contributed by atoms with Gasteiger partial charge in [0, 0.05) is 5.38 Å². The van der Waals surface area contributed by atoms with Crippen LogP contribution >= 0.6 is 11.6 Å². The highest BCUT2D eigenvalue weighted by molar-refractivity contribution is 6.21. The lowest BCUT2D eigenvalue weighted by Crippen LogP contribution is -2.33. The Morgan fingerprint density at radius 1 is 1.31 bits per heavy atom. The quantitative estimate of drug-likeness (QED) is 0.565. The van der Waals surface area contributed by atoms with Crippen molar-refractivity contribution in [2.45, 2.75) is 30.8 Å². The van der Waals surface area contributed by atoms with E-state index in [2.05, 4.69) is 0 Å². The van der Waals surface area contributed by atoms with E-state index in [-0.39, 0.29) is 19.3 Å². The van der Waals surface area contributed by atoms with Gasteiger partial charge in [-0.05, 0) is 19.3 Å². The zero-order valence-corrected chi connectivity index (χ0v) is 7.57. The van der Waals surface area contributed by atoms with Crippen LogP contribution in [-0.2, 0) is 0 Å². The van der Waals surface area contributed by atoms with Crippen LogP contribution in [-0.4, -0.2) is 11.6 Å². The molecule has 0 heterocycles. The highest BCUT2D eigenvalue weighted by Gasteiger charge is 2.44. The zero-order valence-electron chi connectivity index (χ0n) is 6.81. The third-order valence-electron chi connectivity index (χ3n) is 2.40. The van der Waals surface area contributed by atoms with Crippen LogP contribution in [0.25, 0.3) is 0 Å². The molecule has 13 heavy (non-hydrogen) atoms. The number of hydrogen-bond donors (Lipinski definition) is 0. The first kappa shape index (κ1) is 10.6. The third-order valence-corrected chi connectivity index (χ3v) is 2.88. The van der Waals surface area contributed by atoms with E-state index in [0.717, 1.165) is 0 Å². The molecule has 1 fully saturated rings. The number of alkyl halides is 4. The van der Waals surface area contributed by atoms with Crippen molar-refractivity contribution in [1.82, 2.24) is 0 Å². The molecule has 0 aliphatic heterocycles. The summed E-state index contributed by atoms with van der Waals surface area (Å²) in [6, 6.07) is 1.93. The Labute approximate surface area is 79.5 Å². The second-order valence-corrected chi connectivity index (χ2v) is 3.86. The van der Waals surface area contributed by atoms with Crippen molar-refractivity contribution >= 4 is 11.6 Å².